The normalized spacial score (nSPS) is 16.9. The standard InChI is InChI=1S/C13H18N2O/c1-9-2-6-11(7-3-9)12(14)13(16)15-8-10-4-5-10/h2-3,6-7,10,12H,4-5,8,14H2,1H3,(H,15,16). The van der Waals surface area contributed by atoms with E-state index in [1.807, 2.05) is 31.2 Å². The molecule has 0 radical (unpaired) electrons. The maximum absolute atomic E-state index is 11.7. The number of carbonyl (C=O) groups is 1. The third-order valence-corrected chi connectivity index (χ3v) is 2.98. The Kier molecular flexibility index (Phi) is 3.25. The second-order valence-electron chi connectivity index (χ2n) is 4.58. The molecule has 1 unspecified atom stereocenters. The van der Waals surface area contributed by atoms with Crippen molar-refractivity contribution in [3.8, 4) is 0 Å². The quantitative estimate of drug-likeness (QED) is 0.805. The van der Waals surface area contributed by atoms with Gasteiger partial charge in [0, 0.05) is 6.54 Å². The van der Waals surface area contributed by atoms with Crippen LogP contribution in [0.5, 0.6) is 0 Å². The number of hydrogen-bond acceptors (Lipinski definition) is 2. The Hall–Kier alpha value is -1.35. The molecule has 86 valence electrons. The summed E-state index contributed by atoms with van der Waals surface area (Å²) < 4.78 is 0. The van der Waals surface area contributed by atoms with Crippen molar-refractivity contribution in [1.82, 2.24) is 5.32 Å². The van der Waals surface area contributed by atoms with Gasteiger partial charge in [-0.15, -0.1) is 0 Å². The van der Waals surface area contributed by atoms with Crippen LogP contribution in [0, 0.1) is 12.8 Å². The first kappa shape index (κ1) is 11.1. The molecule has 1 aliphatic rings. The van der Waals surface area contributed by atoms with Gasteiger partial charge in [-0.05, 0) is 31.2 Å². The van der Waals surface area contributed by atoms with Crippen LogP contribution in [0.3, 0.4) is 0 Å². The highest BCUT2D eigenvalue weighted by Crippen LogP contribution is 2.27. The minimum absolute atomic E-state index is 0.0734. The van der Waals surface area contributed by atoms with E-state index in [0.29, 0.717) is 5.92 Å². The van der Waals surface area contributed by atoms with Crippen LogP contribution in [0.4, 0.5) is 0 Å². The van der Waals surface area contributed by atoms with Crippen LogP contribution >= 0.6 is 0 Å². The van der Waals surface area contributed by atoms with Gasteiger partial charge in [-0.2, -0.15) is 0 Å². The second kappa shape index (κ2) is 4.66. The third-order valence-electron chi connectivity index (χ3n) is 2.98. The molecule has 1 aromatic rings. The molecule has 0 aromatic heterocycles. The number of aryl methyl sites for hydroxylation is 1. The monoisotopic (exact) mass is 218 g/mol. The molecule has 1 aliphatic carbocycles. The van der Waals surface area contributed by atoms with Crippen molar-refractivity contribution in [3.05, 3.63) is 35.4 Å². The van der Waals surface area contributed by atoms with Crippen molar-refractivity contribution in [2.24, 2.45) is 11.7 Å². The molecule has 0 bridgehead atoms. The van der Waals surface area contributed by atoms with E-state index in [9.17, 15) is 4.79 Å². The van der Waals surface area contributed by atoms with Gasteiger partial charge in [0.05, 0.1) is 0 Å². The van der Waals surface area contributed by atoms with Crippen molar-refractivity contribution in [1.29, 1.82) is 0 Å². The molecule has 1 amide bonds. The number of carbonyl (C=O) groups excluding carboxylic acids is 1. The molecule has 0 aliphatic heterocycles. The molecule has 0 saturated heterocycles. The lowest BCUT2D eigenvalue weighted by molar-refractivity contribution is -0.122. The van der Waals surface area contributed by atoms with Gasteiger partial charge in [-0.3, -0.25) is 4.79 Å². The summed E-state index contributed by atoms with van der Waals surface area (Å²) in [6, 6.07) is 7.24. The zero-order valence-corrected chi connectivity index (χ0v) is 9.57. The van der Waals surface area contributed by atoms with Crippen molar-refractivity contribution in [2.45, 2.75) is 25.8 Å². The van der Waals surface area contributed by atoms with E-state index in [1.165, 1.54) is 18.4 Å². The molecule has 0 spiro atoms. The van der Waals surface area contributed by atoms with Crippen molar-refractivity contribution in [3.63, 3.8) is 0 Å². The van der Waals surface area contributed by atoms with E-state index in [2.05, 4.69) is 5.32 Å². The maximum Gasteiger partial charge on any atom is 0.241 e. The summed E-state index contributed by atoms with van der Waals surface area (Å²) >= 11 is 0. The Morgan fingerprint density at radius 1 is 1.44 bits per heavy atom. The highest BCUT2D eigenvalue weighted by atomic mass is 16.2. The van der Waals surface area contributed by atoms with Crippen LogP contribution < -0.4 is 11.1 Å². The van der Waals surface area contributed by atoms with Crippen LogP contribution in [0.15, 0.2) is 24.3 Å². The molecular formula is C13H18N2O. The van der Waals surface area contributed by atoms with E-state index >= 15 is 0 Å². The average Bonchev–Trinajstić information content (AvgIpc) is 3.10. The summed E-state index contributed by atoms with van der Waals surface area (Å²) in [6.07, 6.45) is 2.47. The van der Waals surface area contributed by atoms with Gasteiger partial charge in [0.25, 0.3) is 0 Å². The summed E-state index contributed by atoms with van der Waals surface area (Å²) in [7, 11) is 0. The lowest BCUT2D eigenvalue weighted by Crippen LogP contribution is -2.35. The minimum atomic E-state index is -0.542. The summed E-state index contributed by atoms with van der Waals surface area (Å²) in [5.41, 5.74) is 7.93. The summed E-state index contributed by atoms with van der Waals surface area (Å²) in [5.74, 6) is 0.616. The first-order valence-corrected chi connectivity index (χ1v) is 5.76. The van der Waals surface area contributed by atoms with Crippen molar-refractivity contribution >= 4 is 5.91 Å². The molecule has 3 nitrogen and oxygen atoms in total. The fraction of sp³-hybridized carbons (Fsp3) is 0.462. The van der Waals surface area contributed by atoms with Crippen molar-refractivity contribution < 1.29 is 4.79 Å². The highest BCUT2D eigenvalue weighted by molar-refractivity contribution is 5.82. The lowest BCUT2D eigenvalue weighted by atomic mass is 10.1. The zero-order valence-electron chi connectivity index (χ0n) is 9.57. The number of nitrogens with two attached hydrogens (primary N) is 1. The van der Waals surface area contributed by atoms with Gasteiger partial charge < -0.3 is 11.1 Å². The van der Waals surface area contributed by atoms with E-state index in [1.54, 1.807) is 0 Å². The number of amides is 1. The van der Waals surface area contributed by atoms with Gasteiger partial charge in [0.1, 0.15) is 6.04 Å². The fourth-order valence-electron chi connectivity index (χ4n) is 1.60. The largest absolute Gasteiger partial charge is 0.354 e. The average molecular weight is 218 g/mol. The second-order valence-corrected chi connectivity index (χ2v) is 4.58. The van der Waals surface area contributed by atoms with Crippen LogP contribution in [0.2, 0.25) is 0 Å². The zero-order chi connectivity index (χ0) is 11.5. The molecule has 1 aromatic carbocycles. The molecule has 2 rings (SSSR count). The predicted octanol–water partition coefficient (Wildman–Crippen LogP) is 1.52. The van der Waals surface area contributed by atoms with Crippen LogP contribution in [0.1, 0.15) is 30.0 Å². The molecule has 16 heavy (non-hydrogen) atoms. The minimum Gasteiger partial charge on any atom is -0.354 e. The number of benzene rings is 1. The Morgan fingerprint density at radius 3 is 2.62 bits per heavy atom. The number of hydrogen-bond donors (Lipinski definition) is 2. The summed E-state index contributed by atoms with van der Waals surface area (Å²) in [4.78, 5) is 11.7. The van der Waals surface area contributed by atoms with Crippen LogP contribution in [-0.2, 0) is 4.79 Å². The van der Waals surface area contributed by atoms with E-state index < -0.39 is 6.04 Å². The molecular weight excluding hydrogens is 200 g/mol. The lowest BCUT2D eigenvalue weighted by Gasteiger charge is -2.12. The molecule has 1 fully saturated rings. The van der Waals surface area contributed by atoms with E-state index in [0.717, 1.165) is 12.1 Å². The third kappa shape index (κ3) is 2.83. The van der Waals surface area contributed by atoms with Gasteiger partial charge in [-0.1, -0.05) is 29.8 Å². The van der Waals surface area contributed by atoms with E-state index in [4.69, 9.17) is 5.73 Å². The Balaban J connectivity index is 1.91. The van der Waals surface area contributed by atoms with Crippen LogP contribution in [-0.4, -0.2) is 12.5 Å². The summed E-state index contributed by atoms with van der Waals surface area (Å²) in [6.45, 7) is 2.79. The Labute approximate surface area is 96.0 Å². The van der Waals surface area contributed by atoms with Gasteiger partial charge >= 0.3 is 0 Å². The van der Waals surface area contributed by atoms with E-state index in [-0.39, 0.29) is 5.91 Å². The Bertz CT molecular complexity index is 368. The van der Waals surface area contributed by atoms with Crippen LogP contribution in [0.25, 0.3) is 0 Å². The molecule has 0 heterocycles. The first-order chi connectivity index (χ1) is 7.66. The Morgan fingerprint density at radius 2 is 2.06 bits per heavy atom. The molecule has 1 saturated carbocycles. The molecule has 1 atom stereocenters. The topological polar surface area (TPSA) is 55.1 Å². The molecule has 3 heteroatoms. The van der Waals surface area contributed by atoms with Gasteiger partial charge in [0.15, 0.2) is 0 Å². The fourth-order valence-corrected chi connectivity index (χ4v) is 1.60. The molecule has 3 N–H and O–H groups in total. The predicted molar refractivity (Wildman–Crippen MR) is 63.8 cm³/mol. The number of rotatable bonds is 4. The SMILES string of the molecule is Cc1ccc(C(N)C(=O)NCC2CC2)cc1. The van der Waals surface area contributed by atoms with Crippen molar-refractivity contribution in [2.75, 3.05) is 6.54 Å². The van der Waals surface area contributed by atoms with Gasteiger partial charge in [-0.25, -0.2) is 0 Å². The van der Waals surface area contributed by atoms with Gasteiger partial charge in [0.2, 0.25) is 5.91 Å². The smallest absolute Gasteiger partial charge is 0.241 e. The highest BCUT2D eigenvalue weighted by Gasteiger charge is 2.23. The number of nitrogens with one attached hydrogen (secondary N) is 1. The maximum atomic E-state index is 11.7. The summed E-state index contributed by atoms with van der Waals surface area (Å²) in [5, 5.41) is 2.89. The first-order valence-electron chi connectivity index (χ1n) is 5.76.